The third-order valence-electron chi connectivity index (χ3n) is 2.60. The van der Waals surface area contributed by atoms with Crippen molar-refractivity contribution in [3.63, 3.8) is 0 Å². The molecule has 0 bridgehead atoms. The molecular weight excluding hydrogens is 272 g/mol. The van der Waals surface area contributed by atoms with Gasteiger partial charge in [0.15, 0.2) is 5.25 Å². The molecule has 0 saturated heterocycles. The van der Waals surface area contributed by atoms with Crippen LogP contribution in [0, 0.1) is 11.3 Å². The van der Waals surface area contributed by atoms with Crippen molar-refractivity contribution in [2.45, 2.75) is 31.6 Å². The van der Waals surface area contributed by atoms with E-state index in [-0.39, 0.29) is 6.42 Å². The van der Waals surface area contributed by atoms with Crippen molar-refractivity contribution in [1.82, 2.24) is 4.72 Å². The van der Waals surface area contributed by atoms with Gasteiger partial charge in [0, 0.05) is 11.1 Å². The summed E-state index contributed by atoms with van der Waals surface area (Å²) in [6.45, 7) is 3.36. The monoisotopic (exact) mass is 286 g/mol. The minimum atomic E-state index is -3.66. The summed E-state index contributed by atoms with van der Waals surface area (Å²) in [5.74, 6) is 0. The third kappa shape index (κ3) is 3.45. The highest BCUT2D eigenvalue weighted by Gasteiger charge is 2.26. The zero-order valence-electron chi connectivity index (χ0n) is 10.2. The minimum absolute atomic E-state index is 0.251. The topological polar surface area (TPSA) is 70.0 Å². The number of benzene rings is 1. The van der Waals surface area contributed by atoms with Crippen LogP contribution in [0.4, 0.5) is 0 Å². The van der Waals surface area contributed by atoms with Gasteiger partial charge < -0.3 is 0 Å². The molecule has 0 aliphatic heterocycles. The molecule has 98 valence electrons. The summed E-state index contributed by atoms with van der Waals surface area (Å²) < 4.78 is 26.3. The Hall–Kier alpha value is -1.09. The number of halogens is 1. The highest BCUT2D eigenvalue weighted by Crippen LogP contribution is 2.23. The first kappa shape index (κ1) is 15.0. The number of nitrogens with one attached hydrogen (secondary N) is 1. The standard InChI is InChI=1S/C12H15ClN2O2S/c1-3-10(8-14)18(16,17)15-9(2)11-6-4-5-7-12(11)13/h4-7,9-10,15H,3H2,1-2H3. The van der Waals surface area contributed by atoms with Gasteiger partial charge in [0.1, 0.15) is 0 Å². The Labute approximate surface area is 113 Å². The molecule has 0 saturated carbocycles. The zero-order valence-corrected chi connectivity index (χ0v) is 11.8. The van der Waals surface area contributed by atoms with Crippen LogP contribution < -0.4 is 4.72 Å². The normalized spacial score (nSPS) is 14.8. The summed E-state index contributed by atoms with van der Waals surface area (Å²) in [6, 6.07) is 8.32. The van der Waals surface area contributed by atoms with Crippen LogP contribution in [-0.2, 0) is 10.0 Å². The quantitative estimate of drug-likeness (QED) is 0.904. The molecule has 0 aromatic heterocycles. The van der Waals surface area contributed by atoms with Gasteiger partial charge in [-0.3, -0.25) is 0 Å². The van der Waals surface area contributed by atoms with Crippen LogP contribution in [0.15, 0.2) is 24.3 Å². The van der Waals surface area contributed by atoms with Gasteiger partial charge in [-0.1, -0.05) is 36.7 Å². The average Bonchev–Trinajstić information content (AvgIpc) is 2.29. The van der Waals surface area contributed by atoms with Crippen molar-refractivity contribution < 1.29 is 8.42 Å². The van der Waals surface area contributed by atoms with E-state index in [4.69, 9.17) is 16.9 Å². The maximum atomic E-state index is 11.9. The summed E-state index contributed by atoms with van der Waals surface area (Å²) in [5.41, 5.74) is 0.690. The van der Waals surface area contributed by atoms with Gasteiger partial charge in [-0.2, -0.15) is 5.26 Å². The van der Waals surface area contributed by atoms with Crippen LogP contribution in [0.5, 0.6) is 0 Å². The van der Waals surface area contributed by atoms with Gasteiger partial charge in [0.05, 0.1) is 6.07 Å². The Morgan fingerprint density at radius 3 is 2.56 bits per heavy atom. The number of hydrogen-bond donors (Lipinski definition) is 1. The van der Waals surface area contributed by atoms with Crippen molar-refractivity contribution >= 4 is 21.6 Å². The van der Waals surface area contributed by atoms with Crippen molar-refractivity contribution in [2.24, 2.45) is 0 Å². The fraction of sp³-hybridized carbons (Fsp3) is 0.417. The van der Waals surface area contributed by atoms with E-state index in [0.717, 1.165) is 0 Å². The maximum Gasteiger partial charge on any atom is 0.228 e. The van der Waals surface area contributed by atoms with Crippen LogP contribution in [0.3, 0.4) is 0 Å². The molecule has 6 heteroatoms. The second-order valence-corrected chi connectivity index (χ2v) is 6.23. The first-order valence-electron chi connectivity index (χ1n) is 5.57. The fourth-order valence-electron chi connectivity index (χ4n) is 1.60. The highest BCUT2D eigenvalue weighted by atomic mass is 35.5. The summed E-state index contributed by atoms with van der Waals surface area (Å²) in [7, 11) is -3.66. The average molecular weight is 287 g/mol. The number of nitriles is 1. The van der Waals surface area contributed by atoms with Gasteiger partial charge >= 0.3 is 0 Å². The molecule has 0 heterocycles. The van der Waals surface area contributed by atoms with Gasteiger partial charge in [-0.05, 0) is 25.0 Å². The largest absolute Gasteiger partial charge is 0.228 e. The van der Waals surface area contributed by atoms with Gasteiger partial charge in [0.2, 0.25) is 10.0 Å². The third-order valence-corrected chi connectivity index (χ3v) is 4.82. The SMILES string of the molecule is CCC(C#N)S(=O)(=O)NC(C)c1ccccc1Cl. The van der Waals surface area contributed by atoms with Crippen LogP contribution in [0.2, 0.25) is 5.02 Å². The van der Waals surface area contributed by atoms with Crippen LogP contribution in [0.1, 0.15) is 31.9 Å². The van der Waals surface area contributed by atoms with E-state index in [1.54, 1.807) is 44.2 Å². The Kier molecular flexibility index (Phi) is 5.15. The minimum Gasteiger partial charge on any atom is -0.211 e. The van der Waals surface area contributed by atoms with Gasteiger partial charge in [0.25, 0.3) is 0 Å². The number of hydrogen-bond acceptors (Lipinski definition) is 3. The molecular formula is C12H15ClN2O2S. The van der Waals surface area contributed by atoms with Crippen LogP contribution in [0.25, 0.3) is 0 Å². The lowest BCUT2D eigenvalue weighted by Gasteiger charge is -2.17. The molecule has 18 heavy (non-hydrogen) atoms. The van der Waals surface area contributed by atoms with Crippen molar-refractivity contribution in [1.29, 1.82) is 5.26 Å². The number of sulfonamides is 1. The second-order valence-electron chi connectivity index (χ2n) is 3.93. The fourth-order valence-corrected chi connectivity index (χ4v) is 3.26. The van der Waals surface area contributed by atoms with E-state index in [0.29, 0.717) is 10.6 Å². The molecule has 1 rings (SSSR count). The molecule has 0 amide bonds. The summed E-state index contributed by atoms with van der Waals surface area (Å²) in [5, 5.41) is 8.26. The van der Waals surface area contributed by atoms with E-state index in [9.17, 15) is 8.42 Å². The predicted molar refractivity (Wildman–Crippen MR) is 71.6 cm³/mol. The Balaban J connectivity index is 2.93. The van der Waals surface area contributed by atoms with Crippen molar-refractivity contribution in [3.05, 3.63) is 34.9 Å². The molecule has 0 aliphatic carbocycles. The lowest BCUT2D eigenvalue weighted by atomic mass is 10.1. The van der Waals surface area contributed by atoms with Gasteiger partial charge in [-0.15, -0.1) is 0 Å². The molecule has 4 nitrogen and oxygen atoms in total. The predicted octanol–water partition coefficient (Wildman–Crippen LogP) is 2.62. The van der Waals surface area contributed by atoms with E-state index in [1.165, 1.54) is 0 Å². The lowest BCUT2D eigenvalue weighted by molar-refractivity contribution is 0.558. The molecule has 1 aromatic carbocycles. The molecule has 0 spiro atoms. The Morgan fingerprint density at radius 1 is 1.44 bits per heavy atom. The summed E-state index contributed by atoms with van der Waals surface area (Å²) >= 11 is 6.00. The van der Waals surface area contributed by atoms with Crippen LogP contribution >= 0.6 is 11.6 Å². The molecule has 2 atom stereocenters. The van der Waals surface area contributed by atoms with E-state index < -0.39 is 21.3 Å². The van der Waals surface area contributed by atoms with E-state index in [2.05, 4.69) is 4.72 Å². The smallest absolute Gasteiger partial charge is 0.211 e. The molecule has 0 fully saturated rings. The molecule has 2 unspecified atom stereocenters. The summed E-state index contributed by atoms with van der Waals surface area (Å²) in [4.78, 5) is 0. The van der Waals surface area contributed by atoms with Crippen molar-refractivity contribution in [2.75, 3.05) is 0 Å². The summed E-state index contributed by atoms with van der Waals surface area (Å²) in [6.07, 6.45) is 0.251. The molecule has 1 aromatic rings. The van der Waals surface area contributed by atoms with Gasteiger partial charge in [-0.25, -0.2) is 13.1 Å². The highest BCUT2D eigenvalue weighted by molar-refractivity contribution is 7.90. The first-order chi connectivity index (χ1) is 8.42. The Bertz CT molecular complexity index is 551. The first-order valence-corrected chi connectivity index (χ1v) is 7.50. The Morgan fingerprint density at radius 2 is 2.06 bits per heavy atom. The zero-order chi connectivity index (χ0) is 13.8. The second kappa shape index (κ2) is 6.19. The number of rotatable bonds is 5. The van der Waals surface area contributed by atoms with E-state index in [1.807, 2.05) is 0 Å². The maximum absolute atomic E-state index is 11.9. The lowest BCUT2D eigenvalue weighted by Crippen LogP contribution is -2.35. The molecule has 0 aliphatic rings. The van der Waals surface area contributed by atoms with Crippen LogP contribution in [-0.4, -0.2) is 13.7 Å². The van der Waals surface area contributed by atoms with Crippen molar-refractivity contribution in [3.8, 4) is 6.07 Å². The van der Waals surface area contributed by atoms with E-state index >= 15 is 0 Å². The molecule has 0 radical (unpaired) electrons. The number of nitrogens with zero attached hydrogens (tertiary/aromatic N) is 1. The molecule has 1 N–H and O–H groups in total.